The molecule has 0 aliphatic carbocycles. The van der Waals surface area contributed by atoms with Gasteiger partial charge in [0.2, 0.25) is 10.0 Å². The minimum atomic E-state index is -3.71. The van der Waals surface area contributed by atoms with Gasteiger partial charge < -0.3 is 9.88 Å². The molecule has 21 heavy (non-hydrogen) atoms. The molecule has 2 heterocycles. The maximum atomic E-state index is 12.2. The monoisotopic (exact) mass is 330 g/mol. The van der Waals surface area contributed by atoms with Crippen molar-refractivity contribution in [3.05, 3.63) is 29.4 Å². The van der Waals surface area contributed by atoms with Gasteiger partial charge in [-0.3, -0.25) is 0 Å². The summed E-state index contributed by atoms with van der Waals surface area (Å²) < 4.78 is 28.4. The van der Waals surface area contributed by atoms with E-state index in [0.717, 1.165) is 0 Å². The van der Waals surface area contributed by atoms with Crippen LogP contribution in [-0.2, 0) is 23.6 Å². The first kappa shape index (κ1) is 15.7. The highest BCUT2D eigenvalue weighted by Gasteiger charge is 2.17. The fourth-order valence-corrected chi connectivity index (χ4v) is 2.82. The van der Waals surface area contributed by atoms with E-state index in [0.29, 0.717) is 18.2 Å². The Morgan fingerprint density at radius 2 is 2.19 bits per heavy atom. The molecule has 0 aromatic carbocycles. The molecule has 10 heteroatoms. The number of halogens is 1. The van der Waals surface area contributed by atoms with Crippen LogP contribution in [0.15, 0.2) is 23.5 Å². The SMILES string of the molecule is CCNc1ncc(S(=O)(=O)NCc2nncn2C)cc1Cl. The Labute approximate surface area is 127 Å². The van der Waals surface area contributed by atoms with Crippen LogP contribution in [0.25, 0.3) is 0 Å². The predicted octanol–water partition coefficient (Wildman–Crippen LogP) is 0.774. The molecule has 0 spiro atoms. The summed E-state index contributed by atoms with van der Waals surface area (Å²) in [4.78, 5) is 4.00. The Kier molecular flexibility index (Phi) is 4.76. The first-order valence-corrected chi connectivity index (χ1v) is 8.02. The lowest BCUT2D eigenvalue weighted by molar-refractivity contribution is 0.577. The highest BCUT2D eigenvalue weighted by molar-refractivity contribution is 7.89. The van der Waals surface area contributed by atoms with Crippen molar-refractivity contribution < 1.29 is 8.42 Å². The van der Waals surface area contributed by atoms with Crippen LogP contribution in [0.1, 0.15) is 12.7 Å². The standard InChI is InChI=1S/C11H15ClN6O2S/c1-3-13-11-9(12)4-8(5-14-11)21(19,20)16-6-10-17-15-7-18(10)2/h4-5,7,16H,3,6H2,1-2H3,(H,13,14). The first-order chi connectivity index (χ1) is 9.94. The quantitative estimate of drug-likeness (QED) is 0.811. The lowest BCUT2D eigenvalue weighted by atomic mass is 10.4. The summed E-state index contributed by atoms with van der Waals surface area (Å²) in [6.07, 6.45) is 2.75. The Morgan fingerprint density at radius 3 is 2.76 bits per heavy atom. The van der Waals surface area contributed by atoms with Crippen LogP contribution in [0.2, 0.25) is 5.02 Å². The maximum Gasteiger partial charge on any atom is 0.242 e. The van der Waals surface area contributed by atoms with Gasteiger partial charge in [0.15, 0.2) is 0 Å². The van der Waals surface area contributed by atoms with Crippen molar-refractivity contribution in [2.45, 2.75) is 18.4 Å². The molecule has 0 unspecified atom stereocenters. The Balaban J connectivity index is 2.16. The van der Waals surface area contributed by atoms with Crippen molar-refractivity contribution in [1.82, 2.24) is 24.5 Å². The predicted molar refractivity (Wildman–Crippen MR) is 78.4 cm³/mol. The summed E-state index contributed by atoms with van der Waals surface area (Å²) in [5, 5.41) is 10.7. The Morgan fingerprint density at radius 1 is 1.43 bits per heavy atom. The van der Waals surface area contributed by atoms with Gasteiger partial charge in [0.1, 0.15) is 22.9 Å². The molecular weight excluding hydrogens is 316 g/mol. The van der Waals surface area contributed by atoms with E-state index >= 15 is 0 Å². The second kappa shape index (κ2) is 6.37. The minimum absolute atomic E-state index is 0.00341. The van der Waals surface area contributed by atoms with Gasteiger partial charge >= 0.3 is 0 Å². The Hall–Kier alpha value is -1.71. The molecular formula is C11H15ClN6O2S. The molecule has 8 nitrogen and oxygen atoms in total. The zero-order valence-corrected chi connectivity index (χ0v) is 13.1. The molecule has 2 rings (SSSR count). The molecule has 0 aliphatic heterocycles. The third-order valence-electron chi connectivity index (χ3n) is 2.70. The van der Waals surface area contributed by atoms with E-state index in [1.165, 1.54) is 18.6 Å². The number of aryl methyl sites for hydroxylation is 1. The van der Waals surface area contributed by atoms with E-state index in [9.17, 15) is 8.42 Å². The first-order valence-electron chi connectivity index (χ1n) is 6.16. The number of anilines is 1. The van der Waals surface area contributed by atoms with Gasteiger partial charge in [0.05, 0.1) is 11.6 Å². The molecule has 0 saturated carbocycles. The third kappa shape index (κ3) is 3.69. The van der Waals surface area contributed by atoms with E-state index in [2.05, 4.69) is 25.2 Å². The number of sulfonamides is 1. The molecule has 0 bridgehead atoms. The fourth-order valence-electron chi connectivity index (χ4n) is 1.57. The van der Waals surface area contributed by atoms with Gasteiger partial charge in [0, 0.05) is 19.8 Å². The number of nitrogens with zero attached hydrogens (tertiary/aromatic N) is 4. The lowest BCUT2D eigenvalue weighted by Crippen LogP contribution is -2.25. The third-order valence-corrected chi connectivity index (χ3v) is 4.35. The summed E-state index contributed by atoms with van der Waals surface area (Å²) in [5.74, 6) is 0.952. The van der Waals surface area contributed by atoms with E-state index in [1.54, 1.807) is 11.6 Å². The zero-order chi connectivity index (χ0) is 15.5. The Bertz CT molecular complexity index is 730. The average molecular weight is 331 g/mol. The van der Waals surface area contributed by atoms with Crippen LogP contribution >= 0.6 is 11.6 Å². The lowest BCUT2D eigenvalue weighted by Gasteiger charge is -2.09. The van der Waals surface area contributed by atoms with E-state index in [4.69, 9.17) is 11.6 Å². The molecule has 0 aliphatic rings. The summed E-state index contributed by atoms with van der Waals surface area (Å²) in [6, 6.07) is 1.35. The summed E-state index contributed by atoms with van der Waals surface area (Å²) in [7, 11) is -1.98. The molecule has 0 saturated heterocycles. The summed E-state index contributed by atoms with van der Waals surface area (Å²) in [6.45, 7) is 2.57. The van der Waals surface area contributed by atoms with Crippen molar-refractivity contribution in [2.75, 3.05) is 11.9 Å². The van der Waals surface area contributed by atoms with Crippen LogP contribution < -0.4 is 10.0 Å². The van der Waals surface area contributed by atoms with Crippen LogP contribution in [0.3, 0.4) is 0 Å². The highest BCUT2D eigenvalue weighted by Crippen LogP contribution is 2.22. The number of pyridine rings is 1. The molecule has 2 N–H and O–H groups in total. The van der Waals surface area contributed by atoms with Crippen LogP contribution in [0, 0.1) is 0 Å². The van der Waals surface area contributed by atoms with Crippen LogP contribution in [-0.4, -0.2) is 34.7 Å². The van der Waals surface area contributed by atoms with Crippen LogP contribution in [0.4, 0.5) is 5.82 Å². The molecule has 0 amide bonds. The van der Waals surface area contributed by atoms with Crippen molar-refractivity contribution in [3.8, 4) is 0 Å². The highest BCUT2D eigenvalue weighted by atomic mass is 35.5. The van der Waals surface area contributed by atoms with Crippen LogP contribution in [0.5, 0.6) is 0 Å². The molecule has 0 fully saturated rings. The molecule has 0 radical (unpaired) electrons. The zero-order valence-electron chi connectivity index (χ0n) is 11.5. The summed E-state index contributed by atoms with van der Waals surface area (Å²) >= 11 is 6.00. The second-order valence-electron chi connectivity index (χ2n) is 4.21. The largest absolute Gasteiger partial charge is 0.369 e. The van der Waals surface area contributed by atoms with Gasteiger partial charge in [-0.05, 0) is 13.0 Å². The van der Waals surface area contributed by atoms with Crippen molar-refractivity contribution in [2.24, 2.45) is 7.05 Å². The van der Waals surface area contributed by atoms with Crippen molar-refractivity contribution in [3.63, 3.8) is 0 Å². The molecule has 0 atom stereocenters. The minimum Gasteiger partial charge on any atom is -0.369 e. The van der Waals surface area contributed by atoms with E-state index in [1.807, 2.05) is 6.92 Å². The van der Waals surface area contributed by atoms with E-state index in [-0.39, 0.29) is 16.5 Å². The average Bonchev–Trinajstić information content (AvgIpc) is 2.84. The van der Waals surface area contributed by atoms with Gasteiger partial charge in [-0.15, -0.1) is 10.2 Å². The normalized spacial score (nSPS) is 11.6. The molecule has 2 aromatic heterocycles. The van der Waals surface area contributed by atoms with E-state index < -0.39 is 10.0 Å². The fraction of sp³-hybridized carbons (Fsp3) is 0.364. The van der Waals surface area contributed by atoms with Gasteiger partial charge in [-0.2, -0.15) is 0 Å². The smallest absolute Gasteiger partial charge is 0.242 e. The van der Waals surface area contributed by atoms with Gasteiger partial charge in [-0.25, -0.2) is 18.1 Å². The molecule has 2 aromatic rings. The summed E-state index contributed by atoms with van der Waals surface area (Å²) in [5.41, 5.74) is 0. The maximum absolute atomic E-state index is 12.2. The number of rotatable bonds is 6. The van der Waals surface area contributed by atoms with Crippen molar-refractivity contribution in [1.29, 1.82) is 0 Å². The topological polar surface area (TPSA) is 102 Å². The van der Waals surface area contributed by atoms with Crippen molar-refractivity contribution >= 4 is 27.4 Å². The number of aromatic nitrogens is 4. The molecule has 114 valence electrons. The van der Waals surface area contributed by atoms with Gasteiger partial charge in [0.25, 0.3) is 0 Å². The number of hydrogen-bond donors (Lipinski definition) is 2. The number of hydrogen-bond acceptors (Lipinski definition) is 6. The van der Waals surface area contributed by atoms with Gasteiger partial charge in [-0.1, -0.05) is 11.6 Å². The second-order valence-corrected chi connectivity index (χ2v) is 6.39. The number of nitrogens with one attached hydrogen (secondary N) is 2.